The first-order chi connectivity index (χ1) is 17.7. The number of amides is 1. The van der Waals surface area contributed by atoms with E-state index in [0.717, 1.165) is 20.4 Å². The van der Waals surface area contributed by atoms with E-state index in [1.807, 2.05) is 19.1 Å². The van der Waals surface area contributed by atoms with Crippen molar-refractivity contribution in [3.05, 3.63) is 107 Å². The first-order valence-corrected chi connectivity index (χ1v) is 11.8. The van der Waals surface area contributed by atoms with E-state index >= 15 is 0 Å². The van der Waals surface area contributed by atoms with Crippen LogP contribution in [-0.4, -0.2) is 32.6 Å². The summed E-state index contributed by atoms with van der Waals surface area (Å²) in [6.07, 6.45) is 0. The minimum Gasteiger partial charge on any atom is -0.386 e. The number of hydrogen-bond acceptors (Lipinski definition) is 8. The maximum absolute atomic E-state index is 14.1. The number of carbonyl (C=O) groups is 1. The number of thiophene rings is 1. The summed E-state index contributed by atoms with van der Waals surface area (Å²) in [4.78, 5) is 57.0. The van der Waals surface area contributed by atoms with Gasteiger partial charge in [0.1, 0.15) is 11.9 Å². The summed E-state index contributed by atoms with van der Waals surface area (Å²) in [5.74, 6) is -1.70. The van der Waals surface area contributed by atoms with Gasteiger partial charge in [0.2, 0.25) is 0 Å². The predicted octanol–water partition coefficient (Wildman–Crippen LogP) is 2.43. The Labute approximate surface area is 210 Å². The first-order valence-electron chi connectivity index (χ1n) is 10.9. The van der Waals surface area contributed by atoms with Crippen LogP contribution in [0.25, 0.3) is 16.6 Å². The lowest BCUT2D eigenvalue weighted by Crippen LogP contribution is -2.34. The highest BCUT2D eigenvalue weighted by atomic mass is 32.1. The molecule has 0 spiro atoms. The SMILES string of the molecule is CNc1cc2c(=O)n(-c3ccc(C(=O)NC(c4noc(=O)[nH]4)c4ccc(C)s4)cc3)c(=O)[nH]c2cc1F. The summed E-state index contributed by atoms with van der Waals surface area (Å²) in [6, 6.07) is 11.1. The summed E-state index contributed by atoms with van der Waals surface area (Å²) in [5, 5.41) is 9.30. The molecule has 0 aliphatic heterocycles. The number of aromatic nitrogens is 4. The zero-order chi connectivity index (χ0) is 26.3. The molecule has 1 unspecified atom stereocenters. The predicted molar refractivity (Wildman–Crippen MR) is 135 cm³/mol. The van der Waals surface area contributed by atoms with Gasteiger partial charge in [-0.05, 0) is 49.4 Å². The Morgan fingerprint density at radius 2 is 1.86 bits per heavy atom. The molecule has 0 saturated carbocycles. The van der Waals surface area contributed by atoms with Gasteiger partial charge in [0.25, 0.3) is 11.5 Å². The van der Waals surface area contributed by atoms with Crippen molar-refractivity contribution in [3.63, 3.8) is 0 Å². The quantitative estimate of drug-likeness (QED) is 0.267. The van der Waals surface area contributed by atoms with Crippen molar-refractivity contribution in [1.82, 2.24) is 25.0 Å². The topological polar surface area (TPSA) is 155 Å². The van der Waals surface area contributed by atoms with Crippen LogP contribution in [0.1, 0.15) is 32.0 Å². The van der Waals surface area contributed by atoms with Crippen molar-refractivity contribution in [2.24, 2.45) is 0 Å². The Morgan fingerprint density at radius 1 is 1.11 bits per heavy atom. The van der Waals surface area contributed by atoms with E-state index in [4.69, 9.17) is 0 Å². The Morgan fingerprint density at radius 3 is 2.49 bits per heavy atom. The van der Waals surface area contributed by atoms with Crippen molar-refractivity contribution in [2.45, 2.75) is 13.0 Å². The Bertz CT molecular complexity index is 1810. The number of H-pyrrole nitrogens is 2. The molecule has 1 amide bonds. The molecule has 3 heterocycles. The molecule has 1 atom stereocenters. The van der Waals surface area contributed by atoms with Gasteiger partial charge in [-0.3, -0.25) is 19.1 Å². The lowest BCUT2D eigenvalue weighted by atomic mass is 10.1. The number of nitrogens with one attached hydrogen (secondary N) is 4. The van der Waals surface area contributed by atoms with E-state index in [-0.39, 0.29) is 33.7 Å². The molecule has 0 aliphatic carbocycles. The number of carbonyl (C=O) groups excluding carboxylic acids is 1. The molecular weight excluding hydrogens is 503 g/mol. The standard InChI is InChI=1S/C24H19FN6O5S/c1-11-3-8-18(37-11)19(20-29-24(35)36-30-20)28-21(32)12-4-6-13(7-5-12)31-22(33)14-9-17(26-2)15(25)10-16(14)27-23(31)34/h3-10,19,26H,1-2H3,(H,27,34)(H,28,32)(H,29,30,35). The third-order valence-corrected chi connectivity index (χ3v) is 6.76. The molecular formula is C24H19FN6O5S. The van der Waals surface area contributed by atoms with Gasteiger partial charge in [0.15, 0.2) is 5.82 Å². The van der Waals surface area contributed by atoms with Gasteiger partial charge in [-0.25, -0.2) is 18.5 Å². The normalized spacial score (nSPS) is 12.0. The van der Waals surface area contributed by atoms with Crippen LogP contribution >= 0.6 is 11.3 Å². The lowest BCUT2D eigenvalue weighted by molar-refractivity contribution is 0.0941. The fourth-order valence-electron chi connectivity index (χ4n) is 3.89. The van der Waals surface area contributed by atoms with E-state index in [2.05, 4.69) is 30.3 Å². The molecule has 4 N–H and O–H groups in total. The average Bonchev–Trinajstić information content (AvgIpc) is 3.50. The number of hydrogen-bond donors (Lipinski definition) is 4. The minimum atomic E-state index is -0.759. The fraction of sp³-hybridized carbons (Fsp3) is 0.125. The second kappa shape index (κ2) is 9.35. The molecule has 0 radical (unpaired) electrons. The summed E-state index contributed by atoms with van der Waals surface area (Å²) in [7, 11) is 1.52. The fourth-order valence-corrected chi connectivity index (χ4v) is 4.82. The van der Waals surface area contributed by atoms with E-state index in [9.17, 15) is 23.6 Å². The molecule has 3 aromatic heterocycles. The Hall–Kier alpha value is -4.78. The van der Waals surface area contributed by atoms with Crippen LogP contribution in [0.3, 0.4) is 0 Å². The van der Waals surface area contributed by atoms with Crippen LogP contribution in [0, 0.1) is 12.7 Å². The molecule has 2 aromatic carbocycles. The third-order valence-electron chi connectivity index (χ3n) is 5.69. The highest BCUT2D eigenvalue weighted by Gasteiger charge is 2.23. The number of rotatable bonds is 6. The van der Waals surface area contributed by atoms with E-state index in [0.29, 0.717) is 0 Å². The monoisotopic (exact) mass is 522 g/mol. The maximum Gasteiger partial charge on any atom is 0.438 e. The average molecular weight is 523 g/mol. The highest BCUT2D eigenvalue weighted by Crippen LogP contribution is 2.26. The van der Waals surface area contributed by atoms with Gasteiger partial charge < -0.3 is 15.6 Å². The molecule has 11 nitrogen and oxygen atoms in total. The van der Waals surface area contributed by atoms with Crippen molar-refractivity contribution in [2.75, 3.05) is 12.4 Å². The number of aryl methyl sites for hydroxylation is 1. The van der Waals surface area contributed by atoms with Crippen molar-refractivity contribution >= 4 is 33.8 Å². The van der Waals surface area contributed by atoms with Crippen LogP contribution in [0.4, 0.5) is 10.1 Å². The summed E-state index contributed by atoms with van der Waals surface area (Å²) < 4.78 is 19.6. The maximum atomic E-state index is 14.1. The molecule has 5 rings (SSSR count). The van der Waals surface area contributed by atoms with Crippen molar-refractivity contribution in [3.8, 4) is 5.69 Å². The van der Waals surface area contributed by atoms with Crippen LogP contribution in [-0.2, 0) is 0 Å². The van der Waals surface area contributed by atoms with Crippen molar-refractivity contribution < 1.29 is 13.7 Å². The van der Waals surface area contributed by atoms with Gasteiger partial charge in [-0.15, -0.1) is 11.3 Å². The number of anilines is 1. The lowest BCUT2D eigenvalue weighted by Gasteiger charge is -2.15. The van der Waals surface area contributed by atoms with Crippen molar-refractivity contribution in [1.29, 1.82) is 0 Å². The zero-order valence-electron chi connectivity index (χ0n) is 19.4. The van der Waals surface area contributed by atoms with Gasteiger partial charge >= 0.3 is 11.4 Å². The summed E-state index contributed by atoms with van der Waals surface area (Å²) >= 11 is 1.42. The minimum absolute atomic E-state index is 0.0690. The largest absolute Gasteiger partial charge is 0.438 e. The second-order valence-electron chi connectivity index (χ2n) is 8.08. The number of nitrogens with zero attached hydrogens (tertiary/aromatic N) is 2. The highest BCUT2D eigenvalue weighted by molar-refractivity contribution is 7.12. The number of halogens is 1. The number of fused-ring (bicyclic) bond motifs is 1. The van der Waals surface area contributed by atoms with Crippen LogP contribution in [0.2, 0.25) is 0 Å². The van der Waals surface area contributed by atoms with Crippen LogP contribution < -0.4 is 27.6 Å². The molecule has 0 bridgehead atoms. The number of aromatic amines is 2. The molecule has 13 heteroatoms. The molecule has 5 aromatic rings. The number of benzene rings is 2. The van der Waals surface area contributed by atoms with E-state index in [1.165, 1.54) is 48.7 Å². The molecule has 0 saturated heterocycles. The smallest absolute Gasteiger partial charge is 0.386 e. The van der Waals surface area contributed by atoms with Gasteiger partial charge in [0, 0.05) is 28.4 Å². The first kappa shape index (κ1) is 23.9. The molecule has 0 aliphatic rings. The second-order valence-corrected chi connectivity index (χ2v) is 9.40. The molecule has 0 fully saturated rings. The van der Waals surface area contributed by atoms with E-state index in [1.54, 1.807) is 0 Å². The molecule has 37 heavy (non-hydrogen) atoms. The zero-order valence-corrected chi connectivity index (χ0v) is 20.2. The third kappa shape index (κ3) is 4.47. The Balaban J connectivity index is 1.47. The van der Waals surface area contributed by atoms with E-state index < -0.39 is 34.8 Å². The molecule has 188 valence electrons. The summed E-state index contributed by atoms with van der Waals surface area (Å²) in [5.41, 5.74) is -0.771. The Kier molecular flexibility index (Phi) is 6.05. The van der Waals surface area contributed by atoms with Gasteiger partial charge in [-0.1, -0.05) is 5.16 Å². The summed E-state index contributed by atoms with van der Waals surface area (Å²) in [6.45, 7) is 1.91. The van der Waals surface area contributed by atoms with Gasteiger partial charge in [-0.2, -0.15) is 0 Å². The van der Waals surface area contributed by atoms with Crippen LogP contribution in [0.5, 0.6) is 0 Å². The van der Waals surface area contributed by atoms with Gasteiger partial charge in [0.05, 0.1) is 22.3 Å². The van der Waals surface area contributed by atoms with Crippen LogP contribution in [0.15, 0.2) is 67.4 Å².